The van der Waals surface area contributed by atoms with E-state index < -0.39 is 0 Å². The number of nitrogens with zero attached hydrogens (tertiary/aromatic N) is 5. The summed E-state index contributed by atoms with van der Waals surface area (Å²) in [5.74, 6) is 1.24. The van der Waals surface area contributed by atoms with Gasteiger partial charge in [-0.15, -0.1) is 5.10 Å². The first-order valence-electron chi connectivity index (χ1n) is 5.07. The van der Waals surface area contributed by atoms with Crippen molar-refractivity contribution < 1.29 is 13.7 Å². The molecule has 0 amide bonds. The van der Waals surface area contributed by atoms with E-state index >= 15 is 0 Å². The van der Waals surface area contributed by atoms with Crippen LogP contribution in [0, 0.1) is 0 Å². The topological polar surface area (TPSA) is 99.8 Å². The Hall–Kier alpha value is -2.77. The Morgan fingerprint density at radius 3 is 3.11 bits per heavy atom. The standard InChI is InChI=1S/C10H7N5O3/c16-6-7-4-15(14-12-7)5-9-11-10(13-18-9)8-2-1-3-17-8/h1-4,6H,5H2. The fraction of sp³-hybridized carbons (Fsp3) is 0.100. The molecule has 0 aliphatic heterocycles. The minimum Gasteiger partial charge on any atom is -0.461 e. The van der Waals surface area contributed by atoms with E-state index in [2.05, 4.69) is 20.5 Å². The van der Waals surface area contributed by atoms with Gasteiger partial charge in [0.1, 0.15) is 12.2 Å². The number of hydrogen-bond acceptors (Lipinski definition) is 7. The van der Waals surface area contributed by atoms with Crippen LogP contribution in [-0.2, 0) is 6.54 Å². The van der Waals surface area contributed by atoms with Crippen molar-refractivity contribution in [3.05, 3.63) is 36.2 Å². The number of carbonyl (C=O) groups excluding carboxylic acids is 1. The Balaban J connectivity index is 1.79. The summed E-state index contributed by atoms with van der Waals surface area (Å²) >= 11 is 0. The van der Waals surface area contributed by atoms with Crippen LogP contribution in [0.15, 0.2) is 33.5 Å². The highest BCUT2D eigenvalue weighted by atomic mass is 16.5. The molecule has 0 radical (unpaired) electrons. The SMILES string of the molecule is O=Cc1cn(Cc2nc(-c3ccco3)no2)nn1. The zero-order chi connectivity index (χ0) is 12.4. The van der Waals surface area contributed by atoms with Crippen molar-refractivity contribution in [1.29, 1.82) is 0 Å². The van der Waals surface area contributed by atoms with E-state index in [1.807, 2.05) is 0 Å². The van der Waals surface area contributed by atoms with Crippen LogP contribution in [0.3, 0.4) is 0 Å². The van der Waals surface area contributed by atoms with Gasteiger partial charge in [0.15, 0.2) is 12.0 Å². The Morgan fingerprint density at radius 2 is 2.39 bits per heavy atom. The smallest absolute Gasteiger partial charge is 0.248 e. The van der Waals surface area contributed by atoms with Crippen LogP contribution in [-0.4, -0.2) is 31.4 Å². The van der Waals surface area contributed by atoms with Gasteiger partial charge in [0.2, 0.25) is 11.7 Å². The molecule has 0 atom stereocenters. The Labute approximate surface area is 100 Å². The number of rotatable bonds is 4. The maximum atomic E-state index is 10.5. The molecule has 0 fully saturated rings. The number of carbonyl (C=O) groups is 1. The van der Waals surface area contributed by atoms with Crippen LogP contribution in [0.4, 0.5) is 0 Å². The van der Waals surface area contributed by atoms with E-state index in [-0.39, 0.29) is 12.2 Å². The lowest BCUT2D eigenvalue weighted by Crippen LogP contribution is -2.00. The normalized spacial score (nSPS) is 10.7. The quantitative estimate of drug-likeness (QED) is 0.626. The largest absolute Gasteiger partial charge is 0.461 e. The molecule has 0 aliphatic carbocycles. The molecule has 0 aromatic carbocycles. The van der Waals surface area contributed by atoms with Crippen molar-refractivity contribution >= 4 is 6.29 Å². The minimum atomic E-state index is 0.245. The second kappa shape index (κ2) is 4.24. The van der Waals surface area contributed by atoms with Crippen molar-refractivity contribution in [3.63, 3.8) is 0 Å². The van der Waals surface area contributed by atoms with E-state index in [1.54, 1.807) is 12.1 Å². The van der Waals surface area contributed by atoms with Crippen molar-refractivity contribution in [2.45, 2.75) is 6.54 Å². The van der Waals surface area contributed by atoms with E-state index in [9.17, 15) is 4.79 Å². The monoisotopic (exact) mass is 245 g/mol. The summed E-state index contributed by atoms with van der Waals surface area (Å²) in [5.41, 5.74) is 0.251. The molecule has 90 valence electrons. The van der Waals surface area contributed by atoms with Crippen LogP contribution in [0.2, 0.25) is 0 Å². The van der Waals surface area contributed by atoms with E-state index in [0.717, 1.165) is 0 Å². The van der Waals surface area contributed by atoms with Gasteiger partial charge in [-0.25, -0.2) is 4.68 Å². The number of furan rings is 1. The number of hydrogen-bond donors (Lipinski definition) is 0. The van der Waals surface area contributed by atoms with Crippen LogP contribution >= 0.6 is 0 Å². The molecule has 3 aromatic heterocycles. The maximum absolute atomic E-state index is 10.5. The van der Waals surface area contributed by atoms with E-state index in [0.29, 0.717) is 23.8 Å². The minimum absolute atomic E-state index is 0.245. The average molecular weight is 245 g/mol. The summed E-state index contributed by atoms with van der Waals surface area (Å²) in [5, 5.41) is 11.1. The van der Waals surface area contributed by atoms with Gasteiger partial charge in [-0.3, -0.25) is 4.79 Å². The van der Waals surface area contributed by atoms with Crippen molar-refractivity contribution in [2.24, 2.45) is 0 Å². The number of aromatic nitrogens is 5. The molecule has 0 N–H and O–H groups in total. The lowest BCUT2D eigenvalue weighted by Gasteiger charge is -1.91. The molecule has 0 unspecified atom stereocenters. The second-order valence-corrected chi connectivity index (χ2v) is 3.45. The molecular formula is C10H7N5O3. The lowest BCUT2D eigenvalue weighted by molar-refractivity contribution is 0.111. The van der Waals surface area contributed by atoms with Crippen LogP contribution < -0.4 is 0 Å². The summed E-state index contributed by atoms with van der Waals surface area (Å²) in [6, 6.07) is 3.47. The molecule has 0 bridgehead atoms. The molecule has 8 heteroatoms. The summed E-state index contributed by atoms with van der Waals surface area (Å²) in [7, 11) is 0. The van der Waals surface area contributed by atoms with Gasteiger partial charge in [-0.2, -0.15) is 4.98 Å². The van der Waals surface area contributed by atoms with Crippen LogP contribution in [0.5, 0.6) is 0 Å². The van der Waals surface area contributed by atoms with Crippen LogP contribution in [0.1, 0.15) is 16.4 Å². The first kappa shape index (κ1) is 10.4. The molecule has 3 aromatic rings. The highest BCUT2D eigenvalue weighted by Gasteiger charge is 2.11. The Kier molecular flexibility index (Phi) is 2.45. The molecule has 0 aliphatic rings. The molecule has 0 saturated carbocycles. The van der Waals surface area contributed by atoms with Gasteiger partial charge < -0.3 is 8.94 Å². The van der Waals surface area contributed by atoms with E-state index in [4.69, 9.17) is 8.94 Å². The van der Waals surface area contributed by atoms with Crippen molar-refractivity contribution in [1.82, 2.24) is 25.1 Å². The highest BCUT2D eigenvalue weighted by molar-refractivity contribution is 5.70. The summed E-state index contributed by atoms with van der Waals surface area (Å²) in [6.45, 7) is 0.245. The summed E-state index contributed by atoms with van der Waals surface area (Å²) in [6.07, 6.45) is 3.63. The Bertz CT molecular complexity index is 655. The molecular weight excluding hydrogens is 238 g/mol. The van der Waals surface area contributed by atoms with Crippen LogP contribution in [0.25, 0.3) is 11.6 Å². The molecule has 0 spiro atoms. The third-order valence-corrected chi connectivity index (χ3v) is 2.18. The molecule has 3 rings (SSSR count). The molecule has 0 saturated heterocycles. The maximum Gasteiger partial charge on any atom is 0.248 e. The average Bonchev–Trinajstić information content (AvgIpc) is 3.10. The van der Waals surface area contributed by atoms with Gasteiger partial charge in [-0.1, -0.05) is 10.4 Å². The second-order valence-electron chi connectivity index (χ2n) is 3.45. The van der Waals surface area contributed by atoms with Gasteiger partial charge in [0.05, 0.1) is 12.5 Å². The van der Waals surface area contributed by atoms with E-state index in [1.165, 1.54) is 17.1 Å². The first-order valence-corrected chi connectivity index (χ1v) is 5.07. The van der Waals surface area contributed by atoms with Crippen molar-refractivity contribution in [2.75, 3.05) is 0 Å². The van der Waals surface area contributed by atoms with Crippen molar-refractivity contribution in [3.8, 4) is 11.6 Å². The predicted octanol–water partition coefficient (Wildman–Crippen LogP) is 0.782. The summed E-state index contributed by atoms with van der Waals surface area (Å²) in [4.78, 5) is 14.6. The fourth-order valence-electron chi connectivity index (χ4n) is 1.41. The zero-order valence-electron chi connectivity index (χ0n) is 9.05. The van der Waals surface area contributed by atoms with Gasteiger partial charge in [0, 0.05) is 0 Å². The predicted molar refractivity (Wildman–Crippen MR) is 56.5 cm³/mol. The highest BCUT2D eigenvalue weighted by Crippen LogP contribution is 2.15. The lowest BCUT2D eigenvalue weighted by atomic mass is 10.4. The fourth-order valence-corrected chi connectivity index (χ4v) is 1.41. The third kappa shape index (κ3) is 1.90. The first-order chi connectivity index (χ1) is 8.85. The number of aldehydes is 1. The molecule has 8 nitrogen and oxygen atoms in total. The van der Waals surface area contributed by atoms with Gasteiger partial charge in [-0.05, 0) is 12.1 Å². The van der Waals surface area contributed by atoms with Gasteiger partial charge in [0.25, 0.3) is 0 Å². The zero-order valence-corrected chi connectivity index (χ0v) is 9.05. The molecule has 18 heavy (non-hydrogen) atoms. The summed E-state index contributed by atoms with van der Waals surface area (Å²) < 4.78 is 11.6. The Morgan fingerprint density at radius 1 is 1.44 bits per heavy atom. The molecule has 3 heterocycles. The van der Waals surface area contributed by atoms with Gasteiger partial charge >= 0.3 is 0 Å². The third-order valence-electron chi connectivity index (χ3n) is 2.18.